The second kappa shape index (κ2) is 10.1. The van der Waals surface area contributed by atoms with Gasteiger partial charge in [-0.15, -0.1) is 0 Å². The van der Waals surface area contributed by atoms with Gasteiger partial charge in [0.2, 0.25) is 5.91 Å². The number of thioether (sulfide) groups is 1. The second-order valence-electron chi connectivity index (χ2n) is 8.64. The first-order chi connectivity index (χ1) is 17.0. The molecule has 5 nitrogen and oxygen atoms in total. The maximum absolute atomic E-state index is 13.2. The molecule has 2 heterocycles. The normalized spacial score (nSPS) is 17.7. The summed E-state index contributed by atoms with van der Waals surface area (Å²) >= 11 is 7.84. The summed E-state index contributed by atoms with van der Waals surface area (Å²) in [6, 6.07) is 26.1. The zero-order chi connectivity index (χ0) is 24.4. The predicted octanol–water partition coefficient (Wildman–Crippen LogP) is 6.45. The molecule has 176 valence electrons. The number of fused-ring (bicyclic) bond motifs is 1. The van der Waals surface area contributed by atoms with Crippen LogP contribution >= 0.6 is 23.4 Å². The molecule has 0 bridgehead atoms. The Bertz CT molecular complexity index is 1320. The number of carbonyl (C=O) groups excluding carboxylic acids is 1. The van der Waals surface area contributed by atoms with Gasteiger partial charge < -0.3 is 9.64 Å². The average molecular weight is 502 g/mol. The van der Waals surface area contributed by atoms with E-state index >= 15 is 0 Å². The van der Waals surface area contributed by atoms with Crippen LogP contribution in [0.4, 0.5) is 5.69 Å². The Labute approximate surface area is 214 Å². The number of rotatable bonds is 5. The van der Waals surface area contributed by atoms with Crippen LogP contribution in [-0.4, -0.2) is 23.4 Å². The van der Waals surface area contributed by atoms with Gasteiger partial charge in [0, 0.05) is 23.0 Å². The molecule has 0 spiro atoms. The van der Waals surface area contributed by atoms with E-state index in [4.69, 9.17) is 16.3 Å². The molecule has 1 atom stereocenters. The molecule has 1 fully saturated rings. The van der Waals surface area contributed by atoms with E-state index in [2.05, 4.69) is 11.0 Å². The van der Waals surface area contributed by atoms with Crippen LogP contribution in [-0.2, 0) is 11.4 Å². The molecule has 3 aromatic carbocycles. The van der Waals surface area contributed by atoms with Gasteiger partial charge in [-0.1, -0.05) is 71.9 Å². The van der Waals surface area contributed by atoms with E-state index in [1.807, 2.05) is 79.7 Å². The Morgan fingerprint density at radius 2 is 1.89 bits per heavy atom. The summed E-state index contributed by atoms with van der Waals surface area (Å²) in [5.41, 5.74) is 4.67. The monoisotopic (exact) mass is 501 g/mol. The highest BCUT2D eigenvalue weighted by atomic mass is 35.5. The lowest BCUT2D eigenvalue weighted by molar-refractivity contribution is -0.129. The highest BCUT2D eigenvalue weighted by Gasteiger charge is 2.38. The topological polar surface area (TPSA) is 56.6 Å². The van der Waals surface area contributed by atoms with Crippen LogP contribution in [0.3, 0.4) is 0 Å². The van der Waals surface area contributed by atoms with Crippen molar-refractivity contribution in [3.63, 3.8) is 0 Å². The number of nitrogens with zero attached hydrogens (tertiary/aromatic N) is 3. The summed E-state index contributed by atoms with van der Waals surface area (Å²) in [6.45, 7) is 2.86. The quantitative estimate of drug-likeness (QED) is 0.402. The van der Waals surface area contributed by atoms with Gasteiger partial charge in [-0.05, 0) is 47.9 Å². The molecule has 1 saturated heterocycles. The third-order valence-corrected chi connectivity index (χ3v) is 7.91. The van der Waals surface area contributed by atoms with Gasteiger partial charge in [0.25, 0.3) is 0 Å². The fourth-order valence-corrected chi connectivity index (χ4v) is 5.67. The minimum Gasteiger partial charge on any atom is -0.489 e. The molecule has 3 aromatic rings. The highest BCUT2D eigenvalue weighted by molar-refractivity contribution is 8.03. The number of allylic oxidation sites excluding steroid dienone is 1. The van der Waals surface area contributed by atoms with E-state index < -0.39 is 0 Å². The molecule has 5 rings (SSSR count). The molecule has 2 aliphatic rings. The third-order valence-electron chi connectivity index (χ3n) is 6.34. The molecule has 7 heteroatoms. The first-order valence-corrected chi connectivity index (χ1v) is 12.7. The SMILES string of the molecule is Cc1ccc(N2CSC3=C(C#N)C(c4ccc(OCc5ccccc5)cc4)CC(=O)N3C2)cc1Cl. The summed E-state index contributed by atoms with van der Waals surface area (Å²) in [6.07, 6.45) is 0.264. The number of carbonyl (C=O) groups is 1. The van der Waals surface area contributed by atoms with Crippen LogP contribution < -0.4 is 9.64 Å². The average Bonchev–Trinajstić information content (AvgIpc) is 2.90. The Hall–Kier alpha value is -3.40. The zero-order valence-corrected chi connectivity index (χ0v) is 20.9. The number of hydrogen-bond donors (Lipinski definition) is 0. The third kappa shape index (κ3) is 4.88. The second-order valence-corrected chi connectivity index (χ2v) is 9.98. The molecular formula is C28H24ClN3O2S. The largest absolute Gasteiger partial charge is 0.489 e. The number of aryl methyl sites for hydroxylation is 1. The summed E-state index contributed by atoms with van der Waals surface area (Å²) in [4.78, 5) is 17.0. The van der Waals surface area contributed by atoms with Crippen LogP contribution in [0.5, 0.6) is 5.75 Å². The molecular weight excluding hydrogens is 478 g/mol. The smallest absolute Gasteiger partial charge is 0.229 e. The molecule has 1 amide bonds. The summed E-state index contributed by atoms with van der Waals surface area (Å²) in [5.74, 6) is 1.16. The fourth-order valence-electron chi connectivity index (χ4n) is 4.33. The number of ether oxygens (including phenoxy) is 1. The summed E-state index contributed by atoms with van der Waals surface area (Å²) in [7, 11) is 0. The van der Waals surface area contributed by atoms with Crippen molar-refractivity contribution in [2.75, 3.05) is 17.4 Å². The van der Waals surface area contributed by atoms with Crippen molar-refractivity contribution in [1.82, 2.24) is 4.90 Å². The number of hydrogen-bond acceptors (Lipinski definition) is 5. The van der Waals surface area contributed by atoms with Crippen molar-refractivity contribution >= 4 is 35.0 Å². The molecule has 1 unspecified atom stereocenters. The van der Waals surface area contributed by atoms with E-state index in [9.17, 15) is 10.1 Å². The van der Waals surface area contributed by atoms with Crippen LogP contribution in [0, 0.1) is 18.3 Å². The number of benzene rings is 3. The van der Waals surface area contributed by atoms with E-state index in [0.29, 0.717) is 29.7 Å². The molecule has 0 radical (unpaired) electrons. The highest BCUT2D eigenvalue weighted by Crippen LogP contribution is 2.43. The minimum absolute atomic E-state index is 0.0174. The minimum atomic E-state index is -0.255. The van der Waals surface area contributed by atoms with Crippen LogP contribution in [0.25, 0.3) is 0 Å². The van der Waals surface area contributed by atoms with Gasteiger partial charge in [-0.25, -0.2) is 0 Å². The molecule has 0 aromatic heterocycles. The lowest BCUT2D eigenvalue weighted by Crippen LogP contribution is -2.47. The Balaban J connectivity index is 1.33. The van der Waals surface area contributed by atoms with Crippen LogP contribution in [0.15, 0.2) is 83.4 Å². The predicted molar refractivity (Wildman–Crippen MR) is 140 cm³/mol. The maximum atomic E-state index is 13.2. The number of nitriles is 1. The number of halogens is 1. The zero-order valence-electron chi connectivity index (χ0n) is 19.3. The van der Waals surface area contributed by atoms with E-state index in [1.54, 1.807) is 4.90 Å². The van der Waals surface area contributed by atoms with Crippen molar-refractivity contribution < 1.29 is 9.53 Å². The number of amides is 1. The van der Waals surface area contributed by atoms with E-state index in [-0.39, 0.29) is 18.2 Å². The molecule has 2 aliphatic heterocycles. The number of anilines is 1. The van der Waals surface area contributed by atoms with E-state index in [1.165, 1.54) is 11.8 Å². The van der Waals surface area contributed by atoms with Crippen molar-refractivity contribution in [3.8, 4) is 11.8 Å². The molecule has 0 saturated carbocycles. The summed E-state index contributed by atoms with van der Waals surface area (Å²) in [5, 5.41) is 11.5. The van der Waals surface area contributed by atoms with Crippen LogP contribution in [0.1, 0.15) is 29.0 Å². The molecule has 0 N–H and O–H groups in total. The van der Waals surface area contributed by atoms with Gasteiger partial charge in [-0.2, -0.15) is 5.26 Å². The Morgan fingerprint density at radius 3 is 2.60 bits per heavy atom. The Kier molecular flexibility index (Phi) is 6.72. The van der Waals surface area contributed by atoms with Crippen molar-refractivity contribution in [2.45, 2.75) is 25.9 Å². The van der Waals surface area contributed by atoms with Crippen molar-refractivity contribution in [1.29, 1.82) is 5.26 Å². The van der Waals surface area contributed by atoms with Crippen molar-refractivity contribution in [2.24, 2.45) is 0 Å². The van der Waals surface area contributed by atoms with Gasteiger partial charge in [0.1, 0.15) is 12.4 Å². The van der Waals surface area contributed by atoms with Crippen LogP contribution in [0.2, 0.25) is 5.02 Å². The first-order valence-electron chi connectivity index (χ1n) is 11.4. The molecule has 0 aliphatic carbocycles. The lowest BCUT2D eigenvalue weighted by Gasteiger charge is -2.42. The Morgan fingerprint density at radius 1 is 1.11 bits per heavy atom. The first kappa shape index (κ1) is 23.3. The van der Waals surface area contributed by atoms with E-state index in [0.717, 1.165) is 33.2 Å². The van der Waals surface area contributed by atoms with Gasteiger partial charge >= 0.3 is 0 Å². The fraction of sp³-hybridized carbons (Fsp3) is 0.214. The summed E-state index contributed by atoms with van der Waals surface area (Å²) < 4.78 is 5.89. The van der Waals surface area contributed by atoms with Crippen molar-refractivity contribution in [3.05, 3.63) is 105 Å². The van der Waals surface area contributed by atoms with Gasteiger partial charge in [-0.3, -0.25) is 9.69 Å². The standard InChI is InChI=1S/C28H24ClN3O2S/c1-19-7-10-22(13-26(19)29)31-17-32-27(33)14-24(25(15-30)28(32)35-18-31)21-8-11-23(12-9-21)34-16-20-5-3-2-4-6-20/h2-13,24H,14,16-18H2,1H3. The maximum Gasteiger partial charge on any atom is 0.229 e. The molecule has 35 heavy (non-hydrogen) atoms. The van der Waals surface area contributed by atoms with Gasteiger partial charge in [0.05, 0.1) is 29.2 Å². The van der Waals surface area contributed by atoms with Gasteiger partial charge in [0.15, 0.2) is 0 Å². The lowest BCUT2D eigenvalue weighted by atomic mass is 9.86.